The number of anilines is 1. The second-order valence-electron chi connectivity index (χ2n) is 7.39. The quantitative estimate of drug-likeness (QED) is 0.581. The first kappa shape index (κ1) is 22.7. The number of benzene rings is 2. The van der Waals surface area contributed by atoms with Gasteiger partial charge in [0.15, 0.2) is 0 Å². The molecule has 11 heteroatoms. The van der Waals surface area contributed by atoms with Crippen molar-refractivity contribution in [3.63, 3.8) is 0 Å². The topological polar surface area (TPSA) is 101 Å². The van der Waals surface area contributed by atoms with E-state index in [1.165, 1.54) is 12.1 Å². The normalized spacial score (nSPS) is 15.3. The second-order valence-corrected chi connectivity index (χ2v) is 7.39. The minimum absolute atomic E-state index is 0.0846. The third-order valence-electron chi connectivity index (χ3n) is 5.18. The molecule has 1 aliphatic rings. The molecular formula is C22H21F3N4O4. The molecule has 1 atom stereocenters. The summed E-state index contributed by atoms with van der Waals surface area (Å²) in [7, 11) is 0. The molecule has 1 saturated heterocycles. The summed E-state index contributed by atoms with van der Waals surface area (Å²) in [5.74, 6) is -0.678. The van der Waals surface area contributed by atoms with Crippen LogP contribution in [-0.4, -0.2) is 54.1 Å². The number of aliphatic hydroxyl groups is 1. The predicted octanol–water partition coefficient (Wildman–Crippen LogP) is 3.06. The van der Waals surface area contributed by atoms with Gasteiger partial charge < -0.3 is 24.6 Å². The van der Waals surface area contributed by atoms with Crippen molar-refractivity contribution in [1.82, 2.24) is 15.5 Å². The number of morpholine rings is 1. The molecule has 0 bridgehead atoms. The van der Waals surface area contributed by atoms with Gasteiger partial charge in [-0.05, 0) is 36.4 Å². The lowest BCUT2D eigenvalue weighted by Gasteiger charge is -2.28. The van der Waals surface area contributed by atoms with Crippen molar-refractivity contribution in [3.8, 4) is 11.4 Å². The number of alkyl halides is 3. The summed E-state index contributed by atoms with van der Waals surface area (Å²) in [5, 5.41) is 16.0. The van der Waals surface area contributed by atoms with Gasteiger partial charge in [-0.15, -0.1) is 0 Å². The fourth-order valence-electron chi connectivity index (χ4n) is 3.40. The number of aromatic nitrogens is 2. The van der Waals surface area contributed by atoms with Crippen LogP contribution in [0.1, 0.15) is 27.9 Å². The van der Waals surface area contributed by atoms with E-state index in [0.29, 0.717) is 18.8 Å². The summed E-state index contributed by atoms with van der Waals surface area (Å²) in [5.41, 5.74) is 0.583. The summed E-state index contributed by atoms with van der Waals surface area (Å²) < 4.78 is 49.3. The van der Waals surface area contributed by atoms with Gasteiger partial charge in [0.1, 0.15) is 6.04 Å². The SMILES string of the molecule is O=C(N[C@@H](CO)c1nc(-c2cccc(C(F)(F)F)c2)no1)c1ccc(N2CCOCC2)cc1. The van der Waals surface area contributed by atoms with Crippen LogP contribution in [0.15, 0.2) is 53.1 Å². The summed E-state index contributed by atoms with van der Waals surface area (Å²) in [6.07, 6.45) is -4.51. The number of aliphatic hydroxyl groups excluding tert-OH is 1. The Kier molecular flexibility index (Phi) is 6.61. The molecule has 0 unspecified atom stereocenters. The largest absolute Gasteiger partial charge is 0.416 e. The number of amides is 1. The van der Waals surface area contributed by atoms with Crippen molar-refractivity contribution in [2.24, 2.45) is 0 Å². The number of hydrogen-bond donors (Lipinski definition) is 2. The standard InChI is InChI=1S/C22H21F3N4O4/c23-22(24,25)16-3-1-2-15(12-16)19-27-21(33-28-19)18(13-30)26-20(31)14-4-6-17(7-5-14)29-8-10-32-11-9-29/h1-7,12,18,30H,8-11,13H2,(H,26,31)/t18-/m0/s1. The Hall–Kier alpha value is -3.44. The van der Waals surface area contributed by atoms with Crippen LogP contribution in [0, 0.1) is 0 Å². The molecule has 2 aromatic carbocycles. The maximum atomic E-state index is 13.0. The highest BCUT2D eigenvalue weighted by molar-refractivity contribution is 5.94. The van der Waals surface area contributed by atoms with E-state index in [2.05, 4.69) is 20.4 Å². The molecule has 0 saturated carbocycles. The minimum Gasteiger partial charge on any atom is -0.394 e. The zero-order chi connectivity index (χ0) is 23.4. The van der Waals surface area contributed by atoms with Crippen LogP contribution in [0.4, 0.5) is 18.9 Å². The van der Waals surface area contributed by atoms with Gasteiger partial charge in [0.2, 0.25) is 5.82 Å². The van der Waals surface area contributed by atoms with Gasteiger partial charge in [-0.25, -0.2) is 0 Å². The number of hydrogen-bond acceptors (Lipinski definition) is 7. The zero-order valence-corrected chi connectivity index (χ0v) is 17.4. The van der Waals surface area contributed by atoms with Crippen molar-refractivity contribution in [1.29, 1.82) is 0 Å². The van der Waals surface area contributed by atoms with Crippen LogP contribution in [-0.2, 0) is 10.9 Å². The van der Waals surface area contributed by atoms with E-state index in [1.807, 2.05) is 12.1 Å². The van der Waals surface area contributed by atoms with Gasteiger partial charge in [0.25, 0.3) is 11.8 Å². The summed E-state index contributed by atoms with van der Waals surface area (Å²) in [4.78, 5) is 18.8. The Morgan fingerprint density at radius 1 is 1.15 bits per heavy atom. The first-order valence-corrected chi connectivity index (χ1v) is 10.2. The van der Waals surface area contributed by atoms with Crippen LogP contribution in [0.5, 0.6) is 0 Å². The molecular weight excluding hydrogens is 441 g/mol. The molecule has 174 valence electrons. The van der Waals surface area contributed by atoms with E-state index >= 15 is 0 Å². The maximum Gasteiger partial charge on any atom is 0.416 e. The van der Waals surface area contributed by atoms with E-state index in [1.54, 1.807) is 12.1 Å². The van der Waals surface area contributed by atoms with Crippen LogP contribution in [0.2, 0.25) is 0 Å². The molecule has 1 fully saturated rings. The van der Waals surface area contributed by atoms with Crippen LogP contribution in [0.25, 0.3) is 11.4 Å². The summed E-state index contributed by atoms with van der Waals surface area (Å²) in [6.45, 7) is 2.29. The zero-order valence-electron chi connectivity index (χ0n) is 17.4. The molecule has 0 aliphatic carbocycles. The van der Waals surface area contributed by atoms with E-state index in [-0.39, 0.29) is 17.3 Å². The Morgan fingerprint density at radius 2 is 1.88 bits per heavy atom. The fourth-order valence-corrected chi connectivity index (χ4v) is 3.40. The Balaban J connectivity index is 1.45. The summed E-state index contributed by atoms with van der Waals surface area (Å²) >= 11 is 0. The second kappa shape index (κ2) is 9.59. The van der Waals surface area contributed by atoms with Crippen molar-refractivity contribution >= 4 is 11.6 Å². The van der Waals surface area contributed by atoms with Gasteiger partial charge in [0, 0.05) is 29.9 Å². The molecule has 2 N–H and O–H groups in total. The Labute approximate surface area is 187 Å². The lowest BCUT2D eigenvalue weighted by atomic mass is 10.1. The molecule has 4 rings (SSSR count). The van der Waals surface area contributed by atoms with E-state index in [0.717, 1.165) is 30.9 Å². The third kappa shape index (κ3) is 5.32. The Bertz CT molecular complexity index is 1100. The highest BCUT2D eigenvalue weighted by atomic mass is 19.4. The number of nitrogens with zero attached hydrogens (tertiary/aromatic N) is 3. The molecule has 2 heterocycles. The highest BCUT2D eigenvalue weighted by Gasteiger charge is 2.31. The number of carbonyl (C=O) groups is 1. The number of halogens is 3. The van der Waals surface area contributed by atoms with E-state index in [4.69, 9.17) is 9.26 Å². The maximum absolute atomic E-state index is 13.0. The molecule has 0 spiro atoms. The van der Waals surface area contributed by atoms with E-state index in [9.17, 15) is 23.1 Å². The van der Waals surface area contributed by atoms with Crippen molar-refractivity contribution in [2.45, 2.75) is 12.2 Å². The van der Waals surface area contributed by atoms with Gasteiger partial charge in [0.05, 0.1) is 25.4 Å². The van der Waals surface area contributed by atoms with Crippen LogP contribution >= 0.6 is 0 Å². The molecule has 1 aromatic heterocycles. The van der Waals surface area contributed by atoms with Crippen LogP contribution in [0.3, 0.4) is 0 Å². The smallest absolute Gasteiger partial charge is 0.394 e. The van der Waals surface area contributed by atoms with Crippen molar-refractivity contribution < 1.29 is 32.3 Å². The Morgan fingerprint density at radius 3 is 2.55 bits per heavy atom. The lowest BCUT2D eigenvalue weighted by molar-refractivity contribution is -0.137. The van der Waals surface area contributed by atoms with Crippen LogP contribution < -0.4 is 10.2 Å². The monoisotopic (exact) mass is 462 g/mol. The number of ether oxygens (including phenoxy) is 1. The number of nitrogens with one attached hydrogen (secondary N) is 1. The third-order valence-corrected chi connectivity index (χ3v) is 5.18. The first-order chi connectivity index (χ1) is 15.8. The van der Waals surface area contributed by atoms with Gasteiger partial charge in [-0.1, -0.05) is 17.3 Å². The predicted molar refractivity (Wildman–Crippen MR) is 112 cm³/mol. The van der Waals surface area contributed by atoms with E-state index < -0.39 is 30.3 Å². The number of rotatable bonds is 6. The van der Waals surface area contributed by atoms with Gasteiger partial charge in [-0.3, -0.25) is 4.79 Å². The van der Waals surface area contributed by atoms with Crippen molar-refractivity contribution in [3.05, 3.63) is 65.5 Å². The highest BCUT2D eigenvalue weighted by Crippen LogP contribution is 2.31. The fraction of sp³-hybridized carbons (Fsp3) is 0.318. The molecule has 3 aromatic rings. The summed E-state index contributed by atoms with van der Waals surface area (Å²) in [6, 6.07) is 10.4. The van der Waals surface area contributed by atoms with Crippen molar-refractivity contribution in [2.75, 3.05) is 37.8 Å². The lowest BCUT2D eigenvalue weighted by Crippen LogP contribution is -2.36. The number of carbonyl (C=O) groups excluding carboxylic acids is 1. The molecule has 0 radical (unpaired) electrons. The molecule has 33 heavy (non-hydrogen) atoms. The first-order valence-electron chi connectivity index (χ1n) is 10.2. The molecule has 1 aliphatic heterocycles. The molecule has 8 nitrogen and oxygen atoms in total. The van der Waals surface area contributed by atoms with Gasteiger partial charge >= 0.3 is 6.18 Å². The average Bonchev–Trinajstić information content (AvgIpc) is 3.33. The molecule has 1 amide bonds. The minimum atomic E-state index is -4.51. The van der Waals surface area contributed by atoms with Gasteiger partial charge in [-0.2, -0.15) is 18.2 Å². The average molecular weight is 462 g/mol.